The number of anilines is 1. The van der Waals surface area contributed by atoms with Crippen molar-refractivity contribution in [1.29, 1.82) is 0 Å². The van der Waals surface area contributed by atoms with Crippen LogP contribution in [0.5, 0.6) is 5.75 Å². The van der Waals surface area contributed by atoms with Gasteiger partial charge in [0.05, 0.1) is 12.4 Å². The Hall–Kier alpha value is -2.81. The van der Waals surface area contributed by atoms with Crippen LogP contribution in [0.25, 0.3) is 11.5 Å². The molecule has 8 nitrogen and oxygen atoms in total. The van der Waals surface area contributed by atoms with Gasteiger partial charge in [-0.15, -0.1) is 10.2 Å². The highest BCUT2D eigenvalue weighted by molar-refractivity contribution is 8.00. The lowest BCUT2D eigenvalue weighted by molar-refractivity contribution is -0.115. The summed E-state index contributed by atoms with van der Waals surface area (Å²) in [5.41, 5.74) is 0.773. The molecule has 25 heavy (non-hydrogen) atoms. The van der Waals surface area contributed by atoms with Crippen LogP contribution in [0.4, 0.5) is 5.82 Å². The molecule has 3 rings (SSSR count). The molecule has 0 aliphatic heterocycles. The maximum absolute atomic E-state index is 12.2. The number of aromatic nitrogens is 3. The number of rotatable bonds is 6. The van der Waals surface area contributed by atoms with Crippen LogP contribution in [-0.4, -0.2) is 33.6 Å². The van der Waals surface area contributed by atoms with Crippen LogP contribution >= 0.6 is 11.8 Å². The van der Waals surface area contributed by atoms with E-state index < -0.39 is 5.25 Å². The topological polar surface area (TPSA) is 103 Å². The number of amides is 1. The third-order valence-electron chi connectivity index (χ3n) is 3.27. The maximum Gasteiger partial charge on any atom is 0.277 e. The summed E-state index contributed by atoms with van der Waals surface area (Å²) in [5.74, 6) is 1.88. The third-order valence-corrected chi connectivity index (χ3v) is 4.20. The summed E-state index contributed by atoms with van der Waals surface area (Å²) < 4.78 is 15.6. The predicted molar refractivity (Wildman–Crippen MR) is 91.5 cm³/mol. The van der Waals surface area contributed by atoms with Crippen molar-refractivity contribution in [2.45, 2.75) is 24.3 Å². The van der Waals surface area contributed by atoms with Crippen molar-refractivity contribution in [1.82, 2.24) is 15.4 Å². The molecule has 0 spiro atoms. The molecule has 1 amide bonds. The Morgan fingerprint density at radius 3 is 2.68 bits per heavy atom. The van der Waals surface area contributed by atoms with Crippen LogP contribution < -0.4 is 10.1 Å². The van der Waals surface area contributed by atoms with E-state index in [0.717, 1.165) is 11.3 Å². The van der Waals surface area contributed by atoms with Crippen molar-refractivity contribution >= 4 is 23.5 Å². The van der Waals surface area contributed by atoms with Crippen LogP contribution in [0.3, 0.4) is 0 Å². The molecule has 0 bridgehead atoms. The molecule has 1 atom stereocenters. The molecular formula is C16H16N4O4S. The summed E-state index contributed by atoms with van der Waals surface area (Å²) in [5, 5.41) is 14.2. The number of ether oxygens (including phenoxy) is 1. The normalized spacial score (nSPS) is 12.0. The SMILES string of the molecule is COc1ccc(-c2nnc(S[C@H](C)C(=O)Nc3cc(C)on3)o2)cc1. The van der Waals surface area contributed by atoms with Gasteiger partial charge in [-0.25, -0.2) is 0 Å². The summed E-state index contributed by atoms with van der Waals surface area (Å²) in [4.78, 5) is 12.2. The zero-order valence-electron chi connectivity index (χ0n) is 13.8. The Bertz CT molecular complexity index is 859. The molecule has 0 fully saturated rings. The smallest absolute Gasteiger partial charge is 0.277 e. The molecule has 0 saturated carbocycles. The van der Waals surface area contributed by atoms with E-state index in [0.29, 0.717) is 22.7 Å². The lowest BCUT2D eigenvalue weighted by Gasteiger charge is -2.06. The standard InChI is InChI=1S/C16H16N4O4S/c1-9-8-13(20-24-9)17-14(21)10(2)25-16-19-18-15(23-16)11-4-6-12(22-3)7-5-11/h4-8,10H,1-3H3,(H,17,20,21)/t10-/m1/s1. The summed E-state index contributed by atoms with van der Waals surface area (Å²) in [6.45, 7) is 3.49. The molecule has 130 valence electrons. The number of nitrogens with zero attached hydrogens (tertiary/aromatic N) is 3. The van der Waals surface area contributed by atoms with E-state index in [1.165, 1.54) is 11.8 Å². The fourth-order valence-corrected chi connectivity index (χ4v) is 2.65. The largest absolute Gasteiger partial charge is 0.497 e. The first-order valence-electron chi connectivity index (χ1n) is 7.44. The first-order chi connectivity index (χ1) is 12.0. The van der Waals surface area contributed by atoms with Gasteiger partial charge in [-0.2, -0.15) is 0 Å². The van der Waals surface area contributed by atoms with E-state index in [2.05, 4.69) is 20.7 Å². The summed E-state index contributed by atoms with van der Waals surface area (Å²) in [6.07, 6.45) is 0. The highest BCUT2D eigenvalue weighted by Crippen LogP contribution is 2.27. The van der Waals surface area contributed by atoms with Gasteiger partial charge in [0.15, 0.2) is 5.82 Å². The Morgan fingerprint density at radius 1 is 1.28 bits per heavy atom. The maximum atomic E-state index is 12.2. The van der Waals surface area contributed by atoms with E-state index in [1.807, 2.05) is 24.3 Å². The number of carbonyl (C=O) groups is 1. The van der Waals surface area contributed by atoms with Crippen molar-refractivity contribution in [2.24, 2.45) is 0 Å². The minimum absolute atomic E-state index is 0.234. The number of aryl methyl sites for hydroxylation is 1. The molecule has 0 radical (unpaired) electrons. The second kappa shape index (κ2) is 7.39. The Labute approximate surface area is 147 Å². The number of carbonyl (C=O) groups excluding carboxylic acids is 1. The first kappa shape index (κ1) is 17.0. The number of hydrogen-bond acceptors (Lipinski definition) is 8. The summed E-state index contributed by atoms with van der Waals surface area (Å²) >= 11 is 1.17. The Kier molecular flexibility index (Phi) is 5.03. The number of thioether (sulfide) groups is 1. The van der Waals surface area contributed by atoms with E-state index in [4.69, 9.17) is 13.7 Å². The molecule has 0 aliphatic rings. The predicted octanol–water partition coefficient (Wildman–Crippen LogP) is 3.16. The molecular weight excluding hydrogens is 344 g/mol. The van der Waals surface area contributed by atoms with Gasteiger partial charge < -0.3 is 19.0 Å². The number of nitrogens with one attached hydrogen (secondary N) is 1. The molecule has 9 heteroatoms. The van der Waals surface area contributed by atoms with Gasteiger partial charge in [0.1, 0.15) is 11.5 Å². The molecule has 1 aromatic carbocycles. The highest BCUT2D eigenvalue weighted by Gasteiger charge is 2.20. The minimum Gasteiger partial charge on any atom is -0.497 e. The van der Waals surface area contributed by atoms with Crippen molar-refractivity contribution in [2.75, 3.05) is 12.4 Å². The van der Waals surface area contributed by atoms with Gasteiger partial charge in [-0.1, -0.05) is 16.9 Å². The van der Waals surface area contributed by atoms with Gasteiger partial charge in [-0.3, -0.25) is 4.79 Å². The first-order valence-corrected chi connectivity index (χ1v) is 8.32. The van der Waals surface area contributed by atoms with Crippen molar-refractivity contribution < 1.29 is 18.5 Å². The summed E-state index contributed by atoms with van der Waals surface area (Å²) in [7, 11) is 1.60. The lowest BCUT2D eigenvalue weighted by Crippen LogP contribution is -2.22. The van der Waals surface area contributed by atoms with Gasteiger partial charge in [0.25, 0.3) is 5.22 Å². The monoisotopic (exact) mass is 360 g/mol. The molecule has 0 unspecified atom stereocenters. The van der Waals surface area contributed by atoms with Crippen LogP contribution in [0, 0.1) is 6.92 Å². The van der Waals surface area contributed by atoms with Gasteiger partial charge in [-0.05, 0) is 38.1 Å². The quantitative estimate of drug-likeness (QED) is 0.669. The molecule has 1 N–H and O–H groups in total. The molecule has 2 heterocycles. The molecule has 0 saturated heterocycles. The minimum atomic E-state index is -0.443. The van der Waals surface area contributed by atoms with Gasteiger partial charge >= 0.3 is 0 Å². The van der Waals surface area contributed by atoms with Crippen LogP contribution in [0.15, 0.2) is 44.5 Å². The average Bonchev–Trinajstić information content (AvgIpc) is 3.24. The van der Waals surface area contributed by atoms with E-state index in [-0.39, 0.29) is 5.91 Å². The van der Waals surface area contributed by atoms with Crippen molar-refractivity contribution in [3.05, 3.63) is 36.1 Å². The lowest BCUT2D eigenvalue weighted by atomic mass is 10.2. The van der Waals surface area contributed by atoms with Crippen LogP contribution in [-0.2, 0) is 4.79 Å². The van der Waals surface area contributed by atoms with Crippen LogP contribution in [0.2, 0.25) is 0 Å². The number of hydrogen-bond donors (Lipinski definition) is 1. The second-order valence-electron chi connectivity index (χ2n) is 5.17. The van der Waals surface area contributed by atoms with Crippen molar-refractivity contribution in [3.63, 3.8) is 0 Å². The van der Waals surface area contributed by atoms with Gasteiger partial charge in [0.2, 0.25) is 11.8 Å². The van der Waals surface area contributed by atoms with Crippen LogP contribution in [0.1, 0.15) is 12.7 Å². The van der Waals surface area contributed by atoms with Gasteiger partial charge in [0, 0.05) is 11.6 Å². The van der Waals surface area contributed by atoms with E-state index >= 15 is 0 Å². The summed E-state index contributed by atoms with van der Waals surface area (Å²) in [6, 6.07) is 8.90. The molecule has 0 aliphatic carbocycles. The average molecular weight is 360 g/mol. The molecule has 2 aromatic heterocycles. The zero-order chi connectivity index (χ0) is 17.8. The highest BCUT2D eigenvalue weighted by atomic mass is 32.2. The van der Waals surface area contributed by atoms with E-state index in [1.54, 1.807) is 27.0 Å². The fourth-order valence-electron chi connectivity index (χ4n) is 1.97. The van der Waals surface area contributed by atoms with Crippen molar-refractivity contribution in [3.8, 4) is 17.2 Å². The fraction of sp³-hybridized carbons (Fsp3) is 0.250. The second-order valence-corrected chi connectivity index (χ2v) is 6.47. The zero-order valence-corrected chi connectivity index (χ0v) is 14.7. The van der Waals surface area contributed by atoms with E-state index in [9.17, 15) is 4.79 Å². The Balaban J connectivity index is 1.62. The number of methoxy groups -OCH3 is 1. The number of benzene rings is 1. The molecule has 3 aromatic rings. The third kappa shape index (κ3) is 4.18. The Morgan fingerprint density at radius 2 is 2.04 bits per heavy atom.